The summed E-state index contributed by atoms with van der Waals surface area (Å²) in [7, 11) is 3.39. The third-order valence-corrected chi connectivity index (χ3v) is 8.72. The second-order valence-electron chi connectivity index (χ2n) is 12.0. The van der Waals surface area contributed by atoms with E-state index in [9.17, 15) is 19.2 Å². The highest BCUT2D eigenvalue weighted by molar-refractivity contribution is 6.02. The number of nitrogens with one attached hydrogen (secondary N) is 2. The van der Waals surface area contributed by atoms with E-state index in [1.54, 1.807) is 22.9 Å². The SMILES string of the molecule is COCCN1CC(=O)NC2CCc3c(c(nn3C)C(=O)NCCCN(C(=O)c3c(-c4ccccc4)ccnc3C)CCCC1=O)C2.O=CO. The molecule has 14 heteroatoms. The topological polar surface area (TPSA) is 176 Å². The monoisotopic (exact) mass is 675 g/mol. The first-order chi connectivity index (χ1) is 23.7. The van der Waals surface area contributed by atoms with Crippen LogP contribution in [-0.4, -0.2) is 112 Å². The predicted octanol–water partition coefficient (Wildman–Crippen LogP) is 2.00. The van der Waals surface area contributed by atoms with Crippen molar-refractivity contribution in [2.24, 2.45) is 7.05 Å². The third kappa shape index (κ3) is 9.50. The molecule has 49 heavy (non-hydrogen) atoms. The summed E-state index contributed by atoms with van der Waals surface area (Å²) >= 11 is 0. The standard InChI is InChI=1S/C34H43N7O5.CH2O2/c1-23-31(26(14-16-35-23)24-9-5-4-6-10-24)34(45)40-17-7-11-30(43)41(19-20-46-3)22-29(42)37-25-12-13-28-27(21-25)32(38-39(28)2)33(44)36-15-8-18-40;2-1-3/h4-6,9-10,14,16,25H,7-8,11-13,15,17-22H2,1-3H3,(H,36,44)(H,37,42);1H,(H,2,3). The summed E-state index contributed by atoms with van der Waals surface area (Å²) in [6.45, 7) is 3.09. The maximum absolute atomic E-state index is 14.2. The van der Waals surface area contributed by atoms with E-state index in [1.807, 2.05) is 50.4 Å². The molecule has 3 heterocycles. The van der Waals surface area contributed by atoms with Crippen molar-refractivity contribution in [3.8, 4) is 11.1 Å². The smallest absolute Gasteiger partial charge is 0.290 e. The van der Waals surface area contributed by atoms with Gasteiger partial charge in [-0.15, -0.1) is 0 Å². The van der Waals surface area contributed by atoms with Crippen LogP contribution in [-0.2, 0) is 39.0 Å². The van der Waals surface area contributed by atoms with Gasteiger partial charge in [0, 0.05) is 70.3 Å². The molecular formula is C35H45N7O7. The number of methoxy groups -OCH3 is 1. The average molecular weight is 676 g/mol. The zero-order valence-electron chi connectivity index (χ0n) is 28.3. The van der Waals surface area contributed by atoms with E-state index in [0.29, 0.717) is 68.9 Å². The second kappa shape index (κ2) is 17.9. The number of carbonyl (C=O) groups is 5. The molecule has 3 aromatic rings. The number of carbonyl (C=O) groups excluding carboxylic acids is 4. The maximum atomic E-state index is 14.2. The zero-order valence-corrected chi connectivity index (χ0v) is 28.3. The quantitative estimate of drug-likeness (QED) is 0.342. The largest absolute Gasteiger partial charge is 0.483 e. The second-order valence-corrected chi connectivity index (χ2v) is 12.0. The van der Waals surface area contributed by atoms with Gasteiger partial charge in [0.1, 0.15) is 0 Å². The van der Waals surface area contributed by atoms with Gasteiger partial charge in [0.05, 0.1) is 24.4 Å². The van der Waals surface area contributed by atoms with Crippen LogP contribution in [0, 0.1) is 6.92 Å². The molecule has 0 fully saturated rings. The Bertz CT molecular complexity index is 1630. The molecule has 0 radical (unpaired) electrons. The first-order valence-electron chi connectivity index (χ1n) is 16.5. The van der Waals surface area contributed by atoms with Gasteiger partial charge in [-0.25, -0.2) is 0 Å². The minimum Gasteiger partial charge on any atom is -0.483 e. The Hall–Kier alpha value is -5.11. The van der Waals surface area contributed by atoms with E-state index < -0.39 is 0 Å². The number of benzene rings is 1. The van der Waals surface area contributed by atoms with Crippen LogP contribution in [0.4, 0.5) is 0 Å². The minimum atomic E-state index is -0.270. The molecule has 2 aliphatic rings. The number of ether oxygens (including phenoxy) is 1. The number of hydrogen-bond donors (Lipinski definition) is 3. The fraction of sp³-hybridized carbons (Fsp3) is 0.457. The van der Waals surface area contributed by atoms with Crippen LogP contribution in [0.1, 0.15) is 63.5 Å². The minimum absolute atomic E-state index is 0.0934. The van der Waals surface area contributed by atoms with E-state index in [-0.39, 0.29) is 55.7 Å². The highest BCUT2D eigenvalue weighted by Crippen LogP contribution is 2.27. The van der Waals surface area contributed by atoms with E-state index in [0.717, 1.165) is 28.8 Å². The van der Waals surface area contributed by atoms with Crippen molar-refractivity contribution in [3.05, 3.63) is 70.8 Å². The lowest BCUT2D eigenvalue weighted by molar-refractivity contribution is -0.137. The van der Waals surface area contributed by atoms with Crippen LogP contribution < -0.4 is 10.6 Å². The number of amides is 4. The Balaban J connectivity index is 0.00000174. The van der Waals surface area contributed by atoms with Gasteiger partial charge in [0.25, 0.3) is 18.3 Å². The summed E-state index contributed by atoms with van der Waals surface area (Å²) < 4.78 is 6.97. The zero-order chi connectivity index (χ0) is 35.3. The highest BCUT2D eigenvalue weighted by atomic mass is 16.5. The Labute approximate surface area is 285 Å². The van der Waals surface area contributed by atoms with Crippen molar-refractivity contribution < 1.29 is 33.8 Å². The number of rotatable bonds is 5. The highest BCUT2D eigenvalue weighted by Gasteiger charge is 2.30. The van der Waals surface area contributed by atoms with Gasteiger partial charge in [0.2, 0.25) is 11.8 Å². The van der Waals surface area contributed by atoms with Gasteiger partial charge in [-0.3, -0.25) is 33.6 Å². The van der Waals surface area contributed by atoms with E-state index in [2.05, 4.69) is 20.7 Å². The van der Waals surface area contributed by atoms with Gasteiger partial charge < -0.3 is 30.3 Å². The van der Waals surface area contributed by atoms with E-state index in [4.69, 9.17) is 14.6 Å². The summed E-state index contributed by atoms with van der Waals surface area (Å²) in [6, 6.07) is 11.4. The van der Waals surface area contributed by atoms with Gasteiger partial charge in [-0.2, -0.15) is 5.10 Å². The number of aryl methyl sites for hydroxylation is 2. The molecule has 4 amide bonds. The lowest BCUT2D eigenvalue weighted by Gasteiger charge is -2.28. The molecule has 0 saturated heterocycles. The summed E-state index contributed by atoms with van der Waals surface area (Å²) in [6.07, 6.45) is 4.67. The number of fused-ring (bicyclic) bond motifs is 1. The molecular weight excluding hydrogens is 630 g/mol. The molecule has 2 aromatic heterocycles. The molecule has 1 aliphatic heterocycles. The molecule has 14 nitrogen and oxygen atoms in total. The molecule has 262 valence electrons. The van der Waals surface area contributed by atoms with Gasteiger partial charge in [-0.05, 0) is 56.2 Å². The van der Waals surface area contributed by atoms with Crippen molar-refractivity contribution in [1.82, 2.24) is 35.2 Å². The Morgan fingerprint density at radius 2 is 1.84 bits per heavy atom. The first-order valence-corrected chi connectivity index (χ1v) is 16.5. The molecule has 5 rings (SSSR count). The fourth-order valence-electron chi connectivity index (χ4n) is 6.34. The summed E-state index contributed by atoms with van der Waals surface area (Å²) in [5.41, 5.74) is 5.01. The molecule has 1 atom stereocenters. The molecule has 2 bridgehead atoms. The van der Waals surface area contributed by atoms with Crippen LogP contribution in [0.5, 0.6) is 0 Å². The number of hydrogen-bond acceptors (Lipinski definition) is 8. The number of pyridine rings is 1. The maximum Gasteiger partial charge on any atom is 0.290 e. The average Bonchev–Trinajstić information content (AvgIpc) is 3.42. The number of carboxylic acid groups (broad SMARTS) is 1. The van der Waals surface area contributed by atoms with Crippen molar-refractivity contribution in [3.63, 3.8) is 0 Å². The van der Waals surface area contributed by atoms with Crippen LogP contribution in [0.25, 0.3) is 11.1 Å². The Kier molecular flexibility index (Phi) is 13.4. The van der Waals surface area contributed by atoms with E-state index >= 15 is 0 Å². The third-order valence-electron chi connectivity index (χ3n) is 8.72. The lowest BCUT2D eigenvalue weighted by atomic mass is 9.91. The molecule has 0 saturated carbocycles. The van der Waals surface area contributed by atoms with E-state index in [1.165, 1.54) is 4.90 Å². The van der Waals surface area contributed by atoms with Crippen molar-refractivity contribution in [1.29, 1.82) is 0 Å². The molecule has 1 unspecified atom stereocenters. The van der Waals surface area contributed by atoms with Crippen molar-refractivity contribution >= 4 is 30.1 Å². The van der Waals surface area contributed by atoms with Crippen LogP contribution in [0.15, 0.2) is 42.6 Å². The fourth-order valence-corrected chi connectivity index (χ4v) is 6.34. The normalized spacial score (nSPS) is 17.5. The summed E-state index contributed by atoms with van der Waals surface area (Å²) in [4.78, 5) is 70.1. The van der Waals surface area contributed by atoms with Crippen LogP contribution >= 0.6 is 0 Å². The molecule has 1 aliphatic carbocycles. The molecule has 0 spiro atoms. The summed E-state index contributed by atoms with van der Waals surface area (Å²) in [5, 5.41) is 17.5. The Morgan fingerprint density at radius 1 is 1.10 bits per heavy atom. The Morgan fingerprint density at radius 3 is 2.57 bits per heavy atom. The van der Waals surface area contributed by atoms with Crippen LogP contribution in [0.3, 0.4) is 0 Å². The number of aromatic nitrogens is 3. The predicted molar refractivity (Wildman–Crippen MR) is 181 cm³/mol. The molecule has 3 N–H and O–H groups in total. The van der Waals surface area contributed by atoms with Gasteiger partial charge in [0.15, 0.2) is 5.69 Å². The van der Waals surface area contributed by atoms with Gasteiger partial charge >= 0.3 is 0 Å². The van der Waals surface area contributed by atoms with Crippen molar-refractivity contribution in [2.45, 2.75) is 51.5 Å². The molecule has 1 aromatic carbocycles. The van der Waals surface area contributed by atoms with Crippen LogP contribution in [0.2, 0.25) is 0 Å². The lowest BCUT2D eigenvalue weighted by Crippen LogP contribution is -2.47. The number of nitrogens with zero attached hydrogens (tertiary/aromatic N) is 5. The van der Waals surface area contributed by atoms with Crippen molar-refractivity contribution in [2.75, 3.05) is 46.4 Å². The van der Waals surface area contributed by atoms with Gasteiger partial charge in [-0.1, -0.05) is 30.3 Å². The summed E-state index contributed by atoms with van der Waals surface area (Å²) in [5.74, 6) is -0.881. The first kappa shape index (κ1) is 36.7.